The summed E-state index contributed by atoms with van der Waals surface area (Å²) in [5.74, 6) is 2.32. The highest BCUT2D eigenvalue weighted by atomic mass is 32.1. The number of piperidine rings is 1. The monoisotopic (exact) mass is 597 g/mol. The van der Waals surface area contributed by atoms with Crippen molar-refractivity contribution >= 4 is 34.1 Å². The minimum Gasteiger partial charge on any atom is -0.493 e. The third kappa shape index (κ3) is 6.81. The predicted octanol–water partition coefficient (Wildman–Crippen LogP) is 4.81. The van der Waals surface area contributed by atoms with Gasteiger partial charge in [0.1, 0.15) is 18.2 Å². The summed E-state index contributed by atoms with van der Waals surface area (Å²) in [4.78, 5) is 17.9. The van der Waals surface area contributed by atoms with E-state index in [1.807, 2.05) is 36.7 Å². The maximum absolute atomic E-state index is 6.40. The Labute approximate surface area is 258 Å². The molecule has 2 N–H and O–H groups in total. The molecule has 43 heavy (non-hydrogen) atoms. The van der Waals surface area contributed by atoms with Crippen LogP contribution < -0.4 is 25.0 Å². The Morgan fingerprint density at radius 1 is 1.00 bits per heavy atom. The number of methoxy groups -OCH3 is 1. The lowest BCUT2D eigenvalue weighted by atomic mass is 10.0. The van der Waals surface area contributed by atoms with Crippen LogP contribution in [0.25, 0.3) is 22.0 Å². The molecule has 2 aromatic carbocycles. The van der Waals surface area contributed by atoms with Crippen LogP contribution in [0.5, 0.6) is 11.5 Å². The number of rotatable bonds is 8. The minimum atomic E-state index is 0.0323. The SMILES string of the molecule is COc1cc2c(N3CCN(C(=S)NCc4ccc(-c5ccncc5)cc4)CC3)ncnc2cc1OC(C)C1CCCCN1. The van der Waals surface area contributed by atoms with Gasteiger partial charge in [-0.05, 0) is 73.4 Å². The molecule has 9 nitrogen and oxygen atoms in total. The Bertz CT molecular complexity index is 1520. The first-order valence-corrected chi connectivity index (χ1v) is 15.5. The van der Waals surface area contributed by atoms with E-state index in [0.717, 1.165) is 66.5 Å². The van der Waals surface area contributed by atoms with E-state index >= 15 is 0 Å². The Kier molecular flexibility index (Phi) is 9.14. The van der Waals surface area contributed by atoms with Crippen LogP contribution in [0.1, 0.15) is 31.7 Å². The molecular weight excluding hydrogens is 558 g/mol. The molecule has 224 valence electrons. The average molecular weight is 598 g/mol. The van der Waals surface area contributed by atoms with Crippen molar-refractivity contribution in [3.05, 3.63) is 72.8 Å². The number of thiocarbonyl (C=S) groups is 1. The fraction of sp³-hybridized carbons (Fsp3) is 0.394. The van der Waals surface area contributed by atoms with Crippen molar-refractivity contribution in [2.24, 2.45) is 0 Å². The first-order valence-electron chi connectivity index (χ1n) is 15.1. The second-order valence-electron chi connectivity index (χ2n) is 11.2. The Morgan fingerprint density at radius 3 is 2.49 bits per heavy atom. The van der Waals surface area contributed by atoms with Crippen molar-refractivity contribution in [3.8, 4) is 22.6 Å². The molecule has 2 atom stereocenters. The fourth-order valence-corrected chi connectivity index (χ4v) is 6.14. The van der Waals surface area contributed by atoms with E-state index in [-0.39, 0.29) is 6.10 Å². The molecule has 0 bridgehead atoms. The molecule has 2 aromatic heterocycles. The van der Waals surface area contributed by atoms with E-state index in [9.17, 15) is 0 Å². The van der Waals surface area contributed by atoms with E-state index in [1.54, 1.807) is 13.4 Å². The molecule has 2 saturated heterocycles. The van der Waals surface area contributed by atoms with E-state index in [4.69, 9.17) is 21.7 Å². The zero-order valence-corrected chi connectivity index (χ0v) is 25.6. The van der Waals surface area contributed by atoms with Crippen molar-refractivity contribution in [1.82, 2.24) is 30.5 Å². The molecule has 0 radical (unpaired) electrons. The third-order valence-corrected chi connectivity index (χ3v) is 8.81. The number of nitrogens with zero attached hydrogens (tertiary/aromatic N) is 5. The van der Waals surface area contributed by atoms with Gasteiger partial charge in [0.05, 0.1) is 12.6 Å². The summed E-state index contributed by atoms with van der Waals surface area (Å²) in [5, 5.41) is 8.76. The molecule has 0 amide bonds. The topological polar surface area (TPSA) is 87.7 Å². The molecule has 10 heteroatoms. The number of benzene rings is 2. The molecule has 2 unspecified atom stereocenters. The number of piperazine rings is 1. The predicted molar refractivity (Wildman–Crippen MR) is 175 cm³/mol. The summed E-state index contributed by atoms with van der Waals surface area (Å²) in [7, 11) is 1.68. The van der Waals surface area contributed by atoms with Crippen molar-refractivity contribution in [2.45, 2.75) is 44.9 Å². The minimum absolute atomic E-state index is 0.0323. The van der Waals surface area contributed by atoms with Gasteiger partial charge in [-0.3, -0.25) is 4.98 Å². The second kappa shape index (κ2) is 13.5. The van der Waals surface area contributed by atoms with Gasteiger partial charge in [-0.1, -0.05) is 30.7 Å². The van der Waals surface area contributed by atoms with Crippen LogP contribution in [0.2, 0.25) is 0 Å². The van der Waals surface area contributed by atoms with Gasteiger partial charge >= 0.3 is 0 Å². The molecular formula is C33H39N7O2S. The zero-order chi connectivity index (χ0) is 29.6. The molecule has 2 aliphatic rings. The average Bonchev–Trinajstić information content (AvgIpc) is 3.07. The Hall–Kier alpha value is -4.02. The van der Waals surface area contributed by atoms with Crippen molar-refractivity contribution < 1.29 is 9.47 Å². The van der Waals surface area contributed by atoms with Crippen molar-refractivity contribution in [1.29, 1.82) is 0 Å². The summed E-state index contributed by atoms with van der Waals surface area (Å²) < 4.78 is 12.2. The van der Waals surface area contributed by atoms with Gasteiger partial charge in [0.15, 0.2) is 16.6 Å². The van der Waals surface area contributed by atoms with E-state index in [0.29, 0.717) is 24.1 Å². The number of ether oxygens (including phenoxy) is 2. The lowest BCUT2D eigenvalue weighted by Gasteiger charge is -2.37. The number of anilines is 1. The van der Waals surface area contributed by atoms with Crippen LogP contribution in [-0.2, 0) is 6.54 Å². The molecule has 2 aliphatic heterocycles. The van der Waals surface area contributed by atoms with Crippen LogP contribution in [-0.4, -0.2) is 76.9 Å². The van der Waals surface area contributed by atoms with Gasteiger partial charge < -0.3 is 29.9 Å². The van der Waals surface area contributed by atoms with Gasteiger partial charge in [-0.2, -0.15) is 0 Å². The zero-order valence-electron chi connectivity index (χ0n) is 24.8. The van der Waals surface area contributed by atoms with Gasteiger partial charge in [-0.25, -0.2) is 9.97 Å². The van der Waals surface area contributed by atoms with Crippen LogP contribution >= 0.6 is 12.2 Å². The summed E-state index contributed by atoms with van der Waals surface area (Å²) >= 11 is 5.77. The van der Waals surface area contributed by atoms with E-state index in [1.165, 1.54) is 24.0 Å². The van der Waals surface area contributed by atoms with Crippen LogP contribution in [0.3, 0.4) is 0 Å². The van der Waals surface area contributed by atoms with E-state index < -0.39 is 0 Å². The van der Waals surface area contributed by atoms with E-state index in [2.05, 4.69) is 66.6 Å². The molecule has 0 aliphatic carbocycles. The standard InChI is InChI=1S/C33H39N7O2S/c1-23(28-5-3-4-12-35-28)42-31-20-29-27(19-30(31)41-2)32(38-22-37-29)39-15-17-40(18-16-39)33(43)36-21-24-6-8-25(9-7-24)26-10-13-34-14-11-26/h6-11,13-14,19-20,22-23,28,35H,3-5,12,15-18,21H2,1-2H3,(H,36,43). The van der Waals surface area contributed by atoms with Crippen LogP contribution in [0.15, 0.2) is 67.3 Å². The molecule has 0 spiro atoms. The van der Waals surface area contributed by atoms with Gasteiger partial charge in [-0.15, -0.1) is 0 Å². The number of hydrogen-bond donors (Lipinski definition) is 2. The van der Waals surface area contributed by atoms with Gasteiger partial charge in [0.2, 0.25) is 0 Å². The highest BCUT2D eigenvalue weighted by Crippen LogP contribution is 2.36. The second-order valence-corrected chi connectivity index (χ2v) is 11.5. The number of pyridine rings is 1. The first-order chi connectivity index (χ1) is 21.1. The highest BCUT2D eigenvalue weighted by Gasteiger charge is 2.25. The largest absolute Gasteiger partial charge is 0.493 e. The lowest BCUT2D eigenvalue weighted by Crippen LogP contribution is -2.51. The normalized spacial score (nSPS) is 17.9. The molecule has 4 aromatic rings. The summed E-state index contributed by atoms with van der Waals surface area (Å²) in [6.45, 7) is 7.08. The highest BCUT2D eigenvalue weighted by molar-refractivity contribution is 7.80. The number of hydrogen-bond acceptors (Lipinski definition) is 8. The van der Waals surface area contributed by atoms with Crippen LogP contribution in [0, 0.1) is 0 Å². The van der Waals surface area contributed by atoms with Crippen LogP contribution in [0.4, 0.5) is 5.82 Å². The quantitative estimate of drug-likeness (QED) is 0.276. The Morgan fingerprint density at radius 2 is 1.77 bits per heavy atom. The lowest BCUT2D eigenvalue weighted by molar-refractivity contribution is 0.148. The molecule has 0 saturated carbocycles. The number of aromatic nitrogens is 3. The van der Waals surface area contributed by atoms with Crippen molar-refractivity contribution in [2.75, 3.05) is 44.7 Å². The Balaban J connectivity index is 1.06. The molecule has 4 heterocycles. The van der Waals surface area contributed by atoms with Crippen molar-refractivity contribution in [3.63, 3.8) is 0 Å². The summed E-state index contributed by atoms with van der Waals surface area (Å²) in [6.07, 6.45) is 8.87. The maximum atomic E-state index is 6.40. The van der Waals surface area contributed by atoms with Gasteiger partial charge in [0.25, 0.3) is 0 Å². The third-order valence-electron chi connectivity index (χ3n) is 8.41. The number of nitrogens with one attached hydrogen (secondary N) is 2. The van der Waals surface area contributed by atoms with Gasteiger partial charge in [0, 0.05) is 62.6 Å². The fourth-order valence-electron chi connectivity index (χ4n) is 5.89. The smallest absolute Gasteiger partial charge is 0.169 e. The number of fused-ring (bicyclic) bond motifs is 1. The summed E-state index contributed by atoms with van der Waals surface area (Å²) in [6, 6.07) is 16.9. The summed E-state index contributed by atoms with van der Waals surface area (Å²) in [5.41, 5.74) is 4.37. The molecule has 6 rings (SSSR count). The maximum Gasteiger partial charge on any atom is 0.169 e. The first kappa shape index (κ1) is 29.1. The molecule has 2 fully saturated rings.